The third-order valence-corrected chi connectivity index (χ3v) is 17.0. The standard InChI is InChI=1S/C78H145NO8/c1-6-8-10-12-14-16-18-20-22-24-26-28-30-31-32-33-34-35-36-37-38-39-40-41-42-43-44-45-47-49-51-53-55-57-59-61-63-65-67-69-76(81)87-74(73-86-78(77(82)83)84-71-70-79(3,4)5)72-85-75(80)68-66-64-62-60-58-56-54-52-50-48-46-29-27-25-23-21-19-17-15-13-11-9-7-2/h18,20,24-27,30-31,74,78H,6-17,19,21-23,28-29,32-73H2,1-5H3/b20-18-,26-24-,27-25-,31-30-. The van der Waals surface area contributed by atoms with Gasteiger partial charge < -0.3 is 33.3 Å². The second kappa shape index (κ2) is 69.1. The molecule has 87 heavy (non-hydrogen) atoms. The van der Waals surface area contributed by atoms with Crippen molar-refractivity contribution < 1.29 is 42.9 Å². The second-order valence-corrected chi connectivity index (χ2v) is 26.9. The average molecular weight is 1230 g/mol. The van der Waals surface area contributed by atoms with E-state index in [4.69, 9.17) is 18.9 Å². The van der Waals surface area contributed by atoms with Gasteiger partial charge in [0, 0.05) is 12.8 Å². The Morgan fingerprint density at radius 1 is 0.345 bits per heavy atom. The minimum absolute atomic E-state index is 0.150. The molecule has 0 aromatic heterocycles. The highest BCUT2D eigenvalue weighted by Gasteiger charge is 2.22. The lowest BCUT2D eigenvalue weighted by Gasteiger charge is -2.26. The van der Waals surface area contributed by atoms with Gasteiger partial charge in [0.1, 0.15) is 13.2 Å². The van der Waals surface area contributed by atoms with E-state index in [1.807, 2.05) is 21.1 Å². The molecule has 0 rings (SSSR count). The lowest BCUT2D eigenvalue weighted by Crippen LogP contribution is -2.44. The Balaban J connectivity index is 3.98. The fourth-order valence-corrected chi connectivity index (χ4v) is 11.2. The normalized spacial score (nSPS) is 12.9. The molecule has 0 radical (unpaired) electrons. The first kappa shape index (κ1) is 84.2. The first-order valence-corrected chi connectivity index (χ1v) is 37.8. The number of unbranched alkanes of at least 4 members (excludes halogenated alkanes) is 48. The van der Waals surface area contributed by atoms with Crippen LogP contribution in [0, 0.1) is 0 Å². The number of aliphatic carboxylic acids is 1. The number of rotatable bonds is 71. The molecule has 0 aromatic carbocycles. The summed E-state index contributed by atoms with van der Waals surface area (Å²) >= 11 is 0. The summed E-state index contributed by atoms with van der Waals surface area (Å²) in [5.74, 6) is -2.26. The number of nitrogens with zero attached hydrogens (tertiary/aromatic N) is 1. The molecule has 0 aliphatic heterocycles. The number of allylic oxidation sites excluding steroid dienone is 8. The van der Waals surface area contributed by atoms with Gasteiger partial charge in [-0.3, -0.25) is 9.59 Å². The van der Waals surface area contributed by atoms with Crippen LogP contribution in [-0.2, 0) is 33.3 Å². The van der Waals surface area contributed by atoms with Crippen LogP contribution in [0.5, 0.6) is 0 Å². The van der Waals surface area contributed by atoms with E-state index in [9.17, 15) is 19.5 Å². The maximum absolute atomic E-state index is 12.9. The molecule has 0 aliphatic rings. The van der Waals surface area contributed by atoms with Crippen molar-refractivity contribution in [2.75, 3.05) is 47.5 Å². The maximum atomic E-state index is 12.9. The van der Waals surface area contributed by atoms with Gasteiger partial charge >= 0.3 is 11.9 Å². The SMILES string of the molecule is CCCCCCC/C=C\C/C=C\C/C=C\CCCCCCCCCCCCCCCCCCCCCCCCCCC(=O)OC(COC(=O)CCCCCCCCCCCCC/C=C\CCCCCCCCCC)COC(OCC[N+](C)(C)C)C(=O)[O-]. The zero-order chi connectivity index (χ0) is 63.3. The van der Waals surface area contributed by atoms with Gasteiger partial charge in [-0.2, -0.15) is 0 Å². The van der Waals surface area contributed by atoms with E-state index in [-0.39, 0.29) is 32.2 Å². The Morgan fingerprint density at radius 2 is 0.621 bits per heavy atom. The van der Waals surface area contributed by atoms with Gasteiger partial charge in [-0.25, -0.2) is 0 Å². The van der Waals surface area contributed by atoms with Gasteiger partial charge in [-0.1, -0.05) is 332 Å². The highest BCUT2D eigenvalue weighted by Crippen LogP contribution is 2.19. The Bertz CT molecular complexity index is 1570. The summed E-state index contributed by atoms with van der Waals surface area (Å²) in [7, 11) is 5.94. The van der Waals surface area contributed by atoms with Gasteiger partial charge in [-0.15, -0.1) is 0 Å². The highest BCUT2D eigenvalue weighted by atomic mass is 16.7. The number of carboxylic acids is 1. The smallest absolute Gasteiger partial charge is 0.306 e. The molecule has 0 bridgehead atoms. The maximum Gasteiger partial charge on any atom is 0.306 e. The van der Waals surface area contributed by atoms with E-state index in [0.29, 0.717) is 17.4 Å². The number of carboxylic acid groups (broad SMARTS) is 1. The first-order valence-electron chi connectivity index (χ1n) is 37.8. The zero-order valence-electron chi connectivity index (χ0n) is 58.4. The number of esters is 2. The fourth-order valence-electron chi connectivity index (χ4n) is 11.2. The van der Waals surface area contributed by atoms with E-state index in [2.05, 4.69) is 62.5 Å². The molecule has 0 saturated carbocycles. The summed E-state index contributed by atoms with van der Waals surface area (Å²) in [6.07, 6.45) is 86.5. The molecule has 0 saturated heterocycles. The van der Waals surface area contributed by atoms with Crippen molar-refractivity contribution in [3.8, 4) is 0 Å². The third-order valence-electron chi connectivity index (χ3n) is 17.0. The molecule has 0 aliphatic carbocycles. The van der Waals surface area contributed by atoms with Gasteiger partial charge in [0.2, 0.25) is 0 Å². The minimum Gasteiger partial charge on any atom is -0.545 e. The Hall–Kier alpha value is -2.75. The highest BCUT2D eigenvalue weighted by molar-refractivity contribution is 5.70. The topological polar surface area (TPSA) is 111 Å². The number of quaternary nitrogens is 1. The van der Waals surface area contributed by atoms with Crippen LogP contribution in [0.3, 0.4) is 0 Å². The average Bonchev–Trinajstić information content (AvgIpc) is 3.55. The molecule has 2 unspecified atom stereocenters. The lowest BCUT2D eigenvalue weighted by atomic mass is 10.0. The minimum atomic E-state index is -1.62. The van der Waals surface area contributed by atoms with Crippen LogP contribution in [0.4, 0.5) is 0 Å². The molecule has 0 fully saturated rings. The lowest BCUT2D eigenvalue weighted by molar-refractivity contribution is -0.870. The van der Waals surface area contributed by atoms with Gasteiger partial charge in [0.15, 0.2) is 12.4 Å². The Labute approximate surface area is 540 Å². The molecule has 0 spiro atoms. The van der Waals surface area contributed by atoms with Crippen molar-refractivity contribution in [2.24, 2.45) is 0 Å². The number of hydrogen-bond donors (Lipinski definition) is 0. The van der Waals surface area contributed by atoms with Crippen molar-refractivity contribution in [2.45, 2.75) is 386 Å². The van der Waals surface area contributed by atoms with Gasteiger partial charge in [0.05, 0.1) is 40.3 Å². The fraction of sp³-hybridized carbons (Fsp3) is 0.859. The van der Waals surface area contributed by atoms with Crippen LogP contribution in [0.15, 0.2) is 48.6 Å². The van der Waals surface area contributed by atoms with Crippen molar-refractivity contribution in [1.82, 2.24) is 0 Å². The number of carbonyl (C=O) groups excluding carboxylic acids is 3. The Kier molecular flexibility index (Phi) is 67.0. The van der Waals surface area contributed by atoms with Crippen LogP contribution < -0.4 is 5.11 Å². The first-order chi connectivity index (χ1) is 42.6. The molecule has 2 atom stereocenters. The summed E-state index contributed by atoms with van der Waals surface area (Å²) in [4.78, 5) is 37.5. The molecule has 9 heteroatoms. The predicted octanol–water partition coefficient (Wildman–Crippen LogP) is 22.4. The molecule has 0 amide bonds. The predicted molar refractivity (Wildman–Crippen MR) is 371 cm³/mol. The summed E-state index contributed by atoms with van der Waals surface area (Å²) in [5.41, 5.74) is 0. The van der Waals surface area contributed by atoms with E-state index < -0.39 is 24.3 Å². The second-order valence-electron chi connectivity index (χ2n) is 26.9. The van der Waals surface area contributed by atoms with Crippen LogP contribution in [0.25, 0.3) is 0 Å². The van der Waals surface area contributed by atoms with E-state index >= 15 is 0 Å². The number of ether oxygens (including phenoxy) is 4. The summed E-state index contributed by atoms with van der Waals surface area (Å²) in [6.45, 7) is 4.80. The number of likely N-dealkylation sites (N-methyl/N-ethyl adjacent to an activating group) is 1. The molecule has 0 N–H and O–H groups in total. The number of carbonyl (C=O) groups is 3. The van der Waals surface area contributed by atoms with Crippen molar-refractivity contribution in [1.29, 1.82) is 0 Å². The summed E-state index contributed by atoms with van der Waals surface area (Å²) in [5, 5.41) is 11.8. The van der Waals surface area contributed by atoms with Gasteiger partial charge in [-0.05, 0) is 77.0 Å². The summed E-state index contributed by atoms with van der Waals surface area (Å²) < 4.78 is 22.8. The van der Waals surface area contributed by atoms with E-state index in [1.165, 1.54) is 295 Å². The third kappa shape index (κ3) is 70.6. The van der Waals surface area contributed by atoms with Gasteiger partial charge in [0.25, 0.3) is 0 Å². The Morgan fingerprint density at radius 3 is 0.931 bits per heavy atom. The molecular formula is C78H145NO8. The molecule has 0 aromatic rings. The van der Waals surface area contributed by atoms with Crippen molar-refractivity contribution in [3.63, 3.8) is 0 Å². The van der Waals surface area contributed by atoms with Crippen LogP contribution in [0.1, 0.15) is 373 Å². The quantitative estimate of drug-likeness (QED) is 0.0195. The number of hydrogen-bond acceptors (Lipinski definition) is 8. The van der Waals surface area contributed by atoms with Crippen LogP contribution >= 0.6 is 0 Å². The van der Waals surface area contributed by atoms with E-state index in [1.54, 1.807) is 0 Å². The van der Waals surface area contributed by atoms with E-state index in [0.717, 1.165) is 51.4 Å². The molecule has 510 valence electrons. The van der Waals surface area contributed by atoms with Crippen LogP contribution in [-0.4, -0.2) is 82.3 Å². The van der Waals surface area contributed by atoms with Crippen molar-refractivity contribution in [3.05, 3.63) is 48.6 Å². The molecular weight excluding hydrogens is 1080 g/mol. The van der Waals surface area contributed by atoms with Crippen molar-refractivity contribution >= 4 is 17.9 Å². The molecule has 9 nitrogen and oxygen atoms in total. The largest absolute Gasteiger partial charge is 0.545 e. The zero-order valence-corrected chi connectivity index (χ0v) is 58.4. The van der Waals surface area contributed by atoms with Crippen LogP contribution in [0.2, 0.25) is 0 Å². The molecule has 0 heterocycles. The monoisotopic (exact) mass is 1220 g/mol. The summed E-state index contributed by atoms with van der Waals surface area (Å²) in [6, 6.07) is 0.